The summed E-state index contributed by atoms with van der Waals surface area (Å²) in [6, 6.07) is 12.3. The number of benzene rings is 1. The second-order valence-corrected chi connectivity index (χ2v) is 7.33. The zero-order valence-corrected chi connectivity index (χ0v) is 15.5. The first-order valence-electron chi connectivity index (χ1n) is 9.08. The standard InChI is InChI=1S/C21H24N4O/c1-15-11-24(12-15)20-9-21(26)23(3)14-19(20)18-10-22-25(13-18)16(2)17-7-5-4-6-8-17/h4-10,13-16H,11-12H2,1-3H3. The molecular weight excluding hydrogens is 324 g/mol. The van der Waals surface area contributed by atoms with E-state index >= 15 is 0 Å². The third-order valence-electron chi connectivity index (χ3n) is 5.20. The van der Waals surface area contributed by atoms with Gasteiger partial charge < -0.3 is 9.47 Å². The maximum Gasteiger partial charge on any atom is 0.252 e. The van der Waals surface area contributed by atoms with Crippen molar-refractivity contribution in [3.63, 3.8) is 0 Å². The number of pyridine rings is 1. The second kappa shape index (κ2) is 6.48. The summed E-state index contributed by atoms with van der Waals surface area (Å²) in [5.41, 5.74) is 4.36. The van der Waals surface area contributed by atoms with Gasteiger partial charge in [0.05, 0.1) is 17.9 Å². The minimum Gasteiger partial charge on any atom is -0.370 e. The molecule has 3 aromatic rings. The van der Waals surface area contributed by atoms with Gasteiger partial charge >= 0.3 is 0 Å². The molecule has 5 nitrogen and oxygen atoms in total. The fourth-order valence-corrected chi connectivity index (χ4v) is 3.57. The van der Waals surface area contributed by atoms with E-state index in [0.29, 0.717) is 5.92 Å². The van der Waals surface area contributed by atoms with Crippen molar-refractivity contribution in [3.8, 4) is 11.1 Å². The van der Waals surface area contributed by atoms with Crippen LogP contribution >= 0.6 is 0 Å². The Morgan fingerprint density at radius 2 is 1.88 bits per heavy atom. The number of anilines is 1. The van der Waals surface area contributed by atoms with Crippen molar-refractivity contribution in [2.45, 2.75) is 19.9 Å². The van der Waals surface area contributed by atoms with Crippen LogP contribution in [0, 0.1) is 5.92 Å². The van der Waals surface area contributed by atoms with Gasteiger partial charge in [0.15, 0.2) is 0 Å². The highest BCUT2D eigenvalue weighted by molar-refractivity contribution is 5.77. The maximum absolute atomic E-state index is 12.2. The van der Waals surface area contributed by atoms with Gasteiger partial charge in [0, 0.05) is 49.7 Å². The third-order valence-corrected chi connectivity index (χ3v) is 5.20. The molecule has 0 spiro atoms. The molecule has 1 atom stereocenters. The summed E-state index contributed by atoms with van der Waals surface area (Å²) in [6.07, 6.45) is 5.89. The van der Waals surface area contributed by atoms with Crippen molar-refractivity contribution in [3.05, 3.63) is 70.9 Å². The highest BCUT2D eigenvalue weighted by Gasteiger charge is 2.26. The van der Waals surface area contributed by atoms with Crippen LogP contribution < -0.4 is 10.5 Å². The molecule has 1 aliphatic rings. The van der Waals surface area contributed by atoms with E-state index in [1.54, 1.807) is 17.7 Å². The summed E-state index contributed by atoms with van der Waals surface area (Å²) >= 11 is 0. The molecule has 134 valence electrons. The van der Waals surface area contributed by atoms with Crippen molar-refractivity contribution in [1.29, 1.82) is 0 Å². The first-order valence-corrected chi connectivity index (χ1v) is 9.08. The summed E-state index contributed by atoms with van der Waals surface area (Å²) < 4.78 is 3.62. The lowest BCUT2D eigenvalue weighted by molar-refractivity contribution is 0.447. The topological polar surface area (TPSA) is 43.1 Å². The van der Waals surface area contributed by atoms with Gasteiger partial charge in [0.2, 0.25) is 0 Å². The third kappa shape index (κ3) is 2.94. The number of hydrogen-bond acceptors (Lipinski definition) is 3. The Hall–Kier alpha value is -2.82. The van der Waals surface area contributed by atoms with Crippen molar-refractivity contribution in [2.75, 3.05) is 18.0 Å². The second-order valence-electron chi connectivity index (χ2n) is 7.33. The van der Waals surface area contributed by atoms with E-state index in [1.165, 1.54) is 5.56 Å². The largest absolute Gasteiger partial charge is 0.370 e. The van der Waals surface area contributed by atoms with Gasteiger partial charge in [0.25, 0.3) is 5.56 Å². The fourth-order valence-electron chi connectivity index (χ4n) is 3.57. The molecule has 0 N–H and O–H groups in total. The molecule has 2 aromatic heterocycles. The van der Waals surface area contributed by atoms with Gasteiger partial charge in [0.1, 0.15) is 0 Å². The summed E-state index contributed by atoms with van der Waals surface area (Å²) in [6.45, 7) is 6.37. The van der Waals surface area contributed by atoms with Crippen LogP contribution in [0.3, 0.4) is 0 Å². The molecule has 1 aliphatic heterocycles. The number of aromatic nitrogens is 3. The molecule has 0 amide bonds. The monoisotopic (exact) mass is 348 g/mol. The summed E-state index contributed by atoms with van der Waals surface area (Å²) in [5, 5.41) is 4.59. The lowest BCUT2D eigenvalue weighted by Crippen LogP contribution is -2.46. The lowest BCUT2D eigenvalue weighted by atomic mass is 9.99. The van der Waals surface area contributed by atoms with Crippen LogP contribution in [0.2, 0.25) is 0 Å². The van der Waals surface area contributed by atoms with Crippen molar-refractivity contribution in [1.82, 2.24) is 14.3 Å². The molecule has 4 rings (SSSR count). The van der Waals surface area contributed by atoms with Crippen molar-refractivity contribution in [2.24, 2.45) is 13.0 Å². The average molecular weight is 348 g/mol. The Balaban J connectivity index is 1.71. The Bertz CT molecular complexity index is 967. The molecular formula is C21H24N4O. The first-order chi connectivity index (χ1) is 12.5. The molecule has 26 heavy (non-hydrogen) atoms. The smallest absolute Gasteiger partial charge is 0.252 e. The Morgan fingerprint density at radius 3 is 2.58 bits per heavy atom. The van der Waals surface area contributed by atoms with Gasteiger partial charge in [-0.25, -0.2) is 0 Å². The van der Waals surface area contributed by atoms with E-state index in [4.69, 9.17) is 0 Å². The molecule has 1 fully saturated rings. The normalized spacial score (nSPS) is 15.7. The van der Waals surface area contributed by atoms with Gasteiger partial charge in [-0.2, -0.15) is 5.10 Å². The highest BCUT2D eigenvalue weighted by Crippen LogP contribution is 2.34. The van der Waals surface area contributed by atoms with Crippen LogP contribution in [0.25, 0.3) is 11.1 Å². The SMILES string of the molecule is CC1CN(c2cc(=O)n(C)cc2-c2cnn(C(C)c3ccccc3)c2)C1. The molecule has 0 saturated carbocycles. The molecule has 1 unspecified atom stereocenters. The summed E-state index contributed by atoms with van der Waals surface area (Å²) in [5.74, 6) is 0.674. The van der Waals surface area contributed by atoms with Crippen LogP contribution in [-0.2, 0) is 7.05 Å². The molecule has 1 saturated heterocycles. The van der Waals surface area contributed by atoms with Gasteiger partial charge in [-0.3, -0.25) is 9.48 Å². The molecule has 0 aliphatic carbocycles. The predicted octanol–water partition coefficient (Wildman–Crippen LogP) is 3.31. The van der Waals surface area contributed by atoms with Crippen molar-refractivity contribution < 1.29 is 0 Å². The van der Waals surface area contributed by atoms with E-state index in [0.717, 1.165) is 29.9 Å². The van der Waals surface area contributed by atoms with Crippen LogP contribution in [0.15, 0.2) is 59.8 Å². The molecule has 3 heterocycles. The van der Waals surface area contributed by atoms with Gasteiger partial charge in [-0.05, 0) is 18.4 Å². The maximum atomic E-state index is 12.2. The molecule has 0 radical (unpaired) electrons. The van der Waals surface area contributed by atoms with Crippen LogP contribution in [-0.4, -0.2) is 27.4 Å². The fraction of sp³-hybridized carbons (Fsp3) is 0.333. The van der Waals surface area contributed by atoms with Crippen LogP contribution in [0.1, 0.15) is 25.5 Å². The Kier molecular flexibility index (Phi) is 4.15. The molecule has 1 aromatic carbocycles. The molecule has 5 heteroatoms. The Labute approximate surface area is 153 Å². The van der Waals surface area contributed by atoms with Crippen molar-refractivity contribution >= 4 is 5.69 Å². The van der Waals surface area contributed by atoms with Crippen LogP contribution in [0.4, 0.5) is 5.69 Å². The predicted molar refractivity (Wildman–Crippen MR) is 105 cm³/mol. The van der Waals surface area contributed by atoms with E-state index in [1.807, 2.05) is 35.3 Å². The summed E-state index contributed by atoms with van der Waals surface area (Å²) in [4.78, 5) is 14.4. The van der Waals surface area contributed by atoms with Crippen LogP contribution in [0.5, 0.6) is 0 Å². The van der Waals surface area contributed by atoms with E-state index < -0.39 is 0 Å². The number of hydrogen-bond donors (Lipinski definition) is 0. The summed E-state index contributed by atoms with van der Waals surface area (Å²) in [7, 11) is 1.80. The average Bonchev–Trinajstić information content (AvgIpc) is 3.11. The Morgan fingerprint density at radius 1 is 1.15 bits per heavy atom. The zero-order chi connectivity index (χ0) is 18.3. The van der Waals surface area contributed by atoms with Gasteiger partial charge in [-0.15, -0.1) is 0 Å². The number of aryl methyl sites for hydroxylation is 1. The quantitative estimate of drug-likeness (QED) is 0.726. The van der Waals surface area contributed by atoms with E-state index in [-0.39, 0.29) is 11.6 Å². The van der Waals surface area contributed by atoms with E-state index in [9.17, 15) is 4.79 Å². The van der Waals surface area contributed by atoms with E-state index in [2.05, 4.69) is 42.2 Å². The zero-order valence-electron chi connectivity index (χ0n) is 15.5. The molecule has 0 bridgehead atoms. The minimum atomic E-state index is 0.0216. The minimum absolute atomic E-state index is 0.0216. The number of nitrogens with zero attached hydrogens (tertiary/aromatic N) is 4. The van der Waals surface area contributed by atoms with Gasteiger partial charge in [-0.1, -0.05) is 37.3 Å². The highest BCUT2D eigenvalue weighted by atomic mass is 16.1. The lowest BCUT2D eigenvalue weighted by Gasteiger charge is -2.40. The first kappa shape index (κ1) is 16.6. The number of rotatable bonds is 4.